The Labute approximate surface area is 146 Å². The van der Waals surface area contributed by atoms with Gasteiger partial charge in [-0.15, -0.1) is 0 Å². The number of halogens is 14. The fourth-order valence-corrected chi connectivity index (χ4v) is 1.67. The van der Waals surface area contributed by atoms with Gasteiger partial charge in [0.2, 0.25) is 0 Å². The summed E-state index contributed by atoms with van der Waals surface area (Å²) in [5.74, 6) is -16.4. The molecule has 0 aliphatic rings. The number of carbonyl (C=O) groups is 1. The normalized spacial score (nSPS) is 14.8. The third-order valence-electron chi connectivity index (χ3n) is 2.85. The number of nitrogens with zero attached hydrogens (tertiary/aromatic N) is 1. The van der Waals surface area contributed by atoms with Crippen molar-refractivity contribution in [1.82, 2.24) is 4.90 Å². The van der Waals surface area contributed by atoms with Gasteiger partial charge in [0, 0.05) is 5.57 Å². The lowest BCUT2D eigenvalue weighted by Gasteiger charge is -2.42. The molecule has 0 aromatic carbocycles. The molecular weight excluding hydrogens is 440 g/mol. The summed E-state index contributed by atoms with van der Waals surface area (Å²) >= 11 is 0. The van der Waals surface area contributed by atoms with E-state index in [9.17, 15) is 66.3 Å². The van der Waals surface area contributed by atoms with Crippen molar-refractivity contribution in [3.05, 3.63) is 12.2 Å². The maximum Gasteiger partial charge on any atom is 0.395 e. The van der Waals surface area contributed by atoms with Crippen LogP contribution >= 0.6 is 0 Å². The summed E-state index contributed by atoms with van der Waals surface area (Å²) in [4.78, 5) is 8.40. The molecule has 0 rings (SSSR count). The van der Waals surface area contributed by atoms with Gasteiger partial charge in [-0.2, -0.15) is 61.5 Å². The molecule has 16 heteroatoms. The molecular formula is C12H9F14NO. The van der Waals surface area contributed by atoms with Gasteiger partial charge >= 0.3 is 36.3 Å². The lowest BCUT2D eigenvalue weighted by atomic mass is 10.1. The largest absolute Gasteiger partial charge is 0.395 e. The Morgan fingerprint density at radius 2 is 0.929 bits per heavy atom. The van der Waals surface area contributed by atoms with Crippen LogP contribution in [0.3, 0.4) is 0 Å². The highest BCUT2D eigenvalue weighted by Crippen LogP contribution is 2.52. The molecule has 0 unspecified atom stereocenters. The molecule has 0 radical (unpaired) electrons. The van der Waals surface area contributed by atoms with Crippen molar-refractivity contribution < 1.29 is 66.3 Å². The number of carbonyl (C=O) groups excluding carboxylic acids is 1. The maximum absolute atomic E-state index is 13.8. The van der Waals surface area contributed by atoms with Gasteiger partial charge in [-0.25, -0.2) is 4.90 Å². The second-order valence-electron chi connectivity index (χ2n) is 5.50. The van der Waals surface area contributed by atoms with Gasteiger partial charge < -0.3 is 0 Å². The number of amides is 1. The van der Waals surface area contributed by atoms with Crippen molar-refractivity contribution in [3.8, 4) is 0 Å². The smallest absolute Gasteiger partial charge is 0.269 e. The van der Waals surface area contributed by atoms with Crippen LogP contribution in [0.1, 0.15) is 19.8 Å². The van der Waals surface area contributed by atoms with Crippen LogP contribution in [0.5, 0.6) is 0 Å². The van der Waals surface area contributed by atoms with Crippen LogP contribution in [0.2, 0.25) is 0 Å². The van der Waals surface area contributed by atoms with Crippen molar-refractivity contribution in [2.45, 2.75) is 56.1 Å². The van der Waals surface area contributed by atoms with Gasteiger partial charge in [0.25, 0.3) is 5.91 Å². The lowest BCUT2D eigenvalue weighted by molar-refractivity contribution is -0.391. The predicted octanol–water partition coefficient (Wildman–Crippen LogP) is 5.75. The molecule has 0 aliphatic heterocycles. The molecule has 0 fully saturated rings. The first-order chi connectivity index (χ1) is 11.9. The van der Waals surface area contributed by atoms with E-state index in [1.807, 2.05) is 0 Å². The van der Waals surface area contributed by atoms with E-state index in [2.05, 4.69) is 6.58 Å². The van der Waals surface area contributed by atoms with Crippen LogP contribution < -0.4 is 0 Å². The molecule has 0 spiro atoms. The summed E-state index contributed by atoms with van der Waals surface area (Å²) in [7, 11) is 0. The van der Waals surface area contributed by atoms with Crippen LogP contribution in [0.25, 0.3) is 0 Å². The molecule has 0 heterocycles. The average Bonchev–Trinajstić information content (AvgIpc) is 2.31. The average molecular weight is 449 g/mol. The topological polar surface area (TPSA) is 20.3 Å². The molecule has 0 bridgehead atoms. The standard InChI is InChI=1S/C12H9F14NO/c1-5(2)6(28)27(11(23,24)7(13,14)3-9(17,18)19)12(25,26)8(15,16)4-10(20,21)22/h1,3-4H2,2H3. The van der Waals surface area contributed by atoms with Crippen LogP contribution in [-0.2, 0) is 4.79 Å². The Morgan fingerprint density at radius 1 is 0.679 bits per heavy atom. The highest BCUT2D eigenvalue weighted by Gasteiger charge is 2.76. The number of rotatable bonds is 7. The van der Waals surface area contributed by atoms with Gasteiger partial charge in [-0.1, -0.05) is 6.58 Å². The third kappa shape index (κ3) is 5.62. The van der Waals surface area contributed by atoms with E-state index < -0.39 is 65.5 Å². The van der Waals surface area contributed by atoms with Crippen LogP contribution in [0, 0.1) is 0 Å². The van der Waals surface area contributed by atoms with Gasteiger partial charge in [0.1, 0.15) is 12.8 Å². The van der Waals surface area contributed by atoms with Crippen LogP contribution in [0.4, 0.5) is 61.5 Å². The molecule has 0 saturated heterocycles. The fraction of sp³-hybridized carbons (Fsp3) is 0.750. The molecule has 2 nitrogen and oxygen atoms in total. The van der Waals surface area contributed by atoms with E-state index in [1.165, 1.54) is 0 Å². The first-order valence-corrected chi connectivity index (χ1v) is 6.54. The summed E-state index contributed by atoms with van der Waals surface area (Å²) < 4.78 is 181. The first-order valence-electron chi connectivity index (χ1n) is 6.54. The first kappa shape index (κ1) is 26.2. The fourth-order valence-electron chi connectivity index (χ4n) is 1.67. The van der Waals surface area contributed by atoms with Gasteiger partial charge in [-0.05, 0) is 6.92 Å². The predicted molar refractivity (Wildman–Crippen MR) is 62.8 cm³/mol. The van der Waals surface area contributed by atoms with E-state index in [4.69, 9.17) is 0 Å². The molecule has 28 heavy (non-hydrogen) atoms. The maximum atomic E-state index is 13.8. The van der Waals surface area contributed by atoms with E-state index >= 15 is 0 Å². The van der Waals surface area contributed by atoms with Crippen molar-refractivity contribution in [2.24, 2.45) is 0 Å². The van der Waals surface area contributed by atoms with Crippen molar-refractivity contribution in [2.75, 3.05) is 0 Å². The molecule has 0 N–H and O–H groups in total. The number of alkyl halides is 14. The lowest BCUT2D eigenvalue weighted by Crippen LogP contribution is -2.68. The molecule has 166 valence electrons. The third-order valence-corrected chi connectivity index (χ3v) is 2.85. The minimum atomic E-state index is -6.99. The molecule has 0 saturated carbocycles. The minimum Gasteiger partial charge on any atom is -0.269 e. The molecule has 0 atom stereocenters. The highest BCUT2D eigenvalue weighted by atomic mass is 19.4. The Bertz CT molecular complexity index is 562. The van der Waals surface area contributed by atoms with E-state index in [0.29, 0.717) is 0 Å². The van der Waals surface area contributed by atoms with Crippen molar-refractivity contribution in [1.29, 1.82) is 0 Å². The van der Waals surface area contributed by atoms with E-state index in [1.54, 1.807) is 0 Å². The number of hydrogen-bond donors (Lipinski definition) is 0. The molecule has 0 aliphatic carbocycles. The second kappa shape index (κ2) is 7.24. The zero-order valence-electron chi connectivity index (χ0n) is 13.3. The van der Waals surface area contributed by atoms with E-state index in [-0.39, 0.29) is 6.92 Å². The Morgan fingerprint density at radius 3 is 1.11 bits per heavy atom. The Kier molecular flexibility index (Phi) is 6.78. The Hall–Kier alpha value is -1.77. The van der Waals surface area contributed by atoms with Gasteiger partial charge in [-0.3, -0.25) is 4.79 Å². The van der Waals surface area contributed by atoms with Gasteiger partial charge in [0.15, 0.2) is 0 Å². The van der Waals surface area contributed by atoms with E-state index in [0.717, 1.165) is 0 Å². The monoisotopic (exact) mass is 449 g/mol. The minimum absolute atomic E-state index is 0.241. The van der Waals surface area contributed by atoms with Gasteiger partial charge in [0.05, 0.1) is 0 Å². The zero-order valence-corrected chi connectivity index (χ0v) is 13.3. The SMILES string of the molecule is C=C(C)C(=O)N(C(F)(F)C(F)(F)CC(F)(F)F)C(F)(F)C(F)(F)CC(F)(F)F. The molecule has 1 amide bonds. The second-order valence-corrected chi connectivity index (χ2v) is 5.50. The molecule has 0 aromatic heterocycles. The van der Waals surface area contributed by atoms with Crippen molar-refractivity contribution >= 4 is 5.91 Å². The number of hydrogen-bond acceptors (Lipinski definition) is 1. The molecule has 0 aromatic rings. The summed E-state index contributed by atoms with van der Waals surface area (Å²) in [5, 5.41) is 0. The summed E-state index contributed by atoms with van der Waals surface area (Å²) in [6.45, 7) is 2.67. The Balaban J connectivity index is 6.58. The highest BCUT2D eigenvalue weighted by molar-refractivity contribution is 5.93. The van der Waals surface area contributed by atoms with Crippen molar-refractivity contribution in [3.63, 3.8) is 0 Å². The van der Waals surface area contributed by atoms with Crippen LogP contribution in [0.15, 0.2) is 12.2 Å². The summed E-state index contributed by atoms with van der Waals surface area (Å²) in [5.41, 5.74) is -1.58. The summed E-state index contributed by atoms with van der Waals surface area (Å²) in [6.07, 6.45) is -20.0. The quantitative estimate of drug-likeness (QED) is 0.275. The van der Waals surface area contributed by atoms with Crippen LogP contribution in [-0.4, -0.2) is 47.1 Å². The summed E-state index contributed by atoms with van der Waals surface area (Å²) in [6, 6.07) is -14.0. The zero-order chi connectivity index (χ0) is 23.1.